The van der Waals surface area contributed by atoms with Crippen molar-refractivity contribution in [3.63, 3.8) is 0 Å². The van der Waals surface area contributed by atoms with Crippen molar-refractivity contribution in [2.45, 2.75) is 0 Å². The van der Waals surface area contributed by atoms with E-state index in [1.54, 1.807) is 30.5 Å². The summed E-state index contributed by atoms with van der Waals surface area (Å²) in [6.45, 7) is 0. The number of carbonyl (C=O) groups excluding carboxylic acids is 1. The number of nitrogens with zero attached hydrogens (tertiary/aromatic N) is 1. The van der Waals surface area contributed by atoms with Gasteiger partial charge in [0.25, 0.3) is 0 Å². The third-order valence-corrected chi connectivity index (χ3v) is 3.10. The van der Waals surface area contributed by atoms with E-state index >= 15 is 0 Å². The molecule has 17 heavy (non-hydrogen) atoms. The van der Waals surface area contributed by atoms with E-state index in [1.165, 1.54) is 0 Å². The molecule has 1 aromatic carbocycles. The highest BCUT2D eigenvalue weighted by Gasteiger charge is 2.13. The highest BCUT2D eigenvalue weighted by molar-refractivity contribution is 7.91. The zero-order valence-corrected chi connectivity index (χ0v) is 10.1. The average molecular weight is 249 g/mol. The van der Waals surface area contributed by atoms with E-state index in [9.17, 15) is 13.2 Å². The van der Waals surface area contributed by atoms with Crippen LogP contribution in [-0.2, 0) is 9.84 Å². The Morgan fingerprint density at radius 3 is 2.76 bits per heavy atom. The Kier molecular flexibility index (Phi) is 2.93. The molecule has 88 valence electrons. The lowest BCUT2D eigenvalue weighted by Crippen LogP contribution is -2.14. The minimum Gasteiger partial charge on any atom is -0.293 e. The fourth-order valence-corrected chi connectivity index (χ4v) is 2.21. The molecule has 0 aliphatic heterocycles. The fourth-order valence-electron chi connectivity index (χ4n) is 1.57. The smallest absolute Gasteiger partial charge is 0.177 e. The third-order valence-electron chi connectivity index (χ3n) is 2.32. The van der Waals surface area contributed by atoms with E-state index in [0.717, 1.165) is 17.2 Å². The van der Waals surface area contributed by atoms with Crippen LogP contribution in [0.4, 0.5) is 0 Å². The highest BCUT2D eigenvalue weighted by atomic mass is 32.2. The molecule has 5 heteroatoms. The summed E-state index contributed by atoms with van der Waals surface area (Å²) in [5.41, 5.74) is 1.18. The summed E-state index contributed by atoms with van der Waals surface area (Å²) in [5.74, 6) is -0.850. The van der Waals surface area contributed by atoms with E-state index in [0.29, 0.717) is 5.56 Å². The Morgan fingerprint density at radius 1 is 1.29 bits per heavy atom. The van der Waals surface area contributed by atoms with Crippen LogP contribution in [0.1, 0.15) is 10.4 Å². The molecule has 1 aromatic heterocycles. The molecule has 0 amide bonds. The lowest BCUT2D eigenvalue weighted by atomic mass is 10.1. The first-order chi connectivity index (χ1) is 7.96. The molecule has 0 saturated carbocycles. The first kappa shape index (κ1) is 11.7. The van der Waals surface area contributed by atoms with Gasteiger partial charge in [0.15, 0.2) is 15.6 Å². The van der Waals surface area contributed by atoms with Crippen molar-refractivity contribution in [3.8, 4) is 0 Å². The van der Waals surface area contributed by atoms with Gasteiger partial charge < -0.3 is 0 Å². The maximum absolute atomic E-state index is 11.7. The molecule has 0 N–H and O–H groups in total. The summed E-state index contributed by atoms with van der Waals surface area (Å²) >= 11 is 0. The first-order valence-electron chi connectivity index (χ1n) is 5.01. The van der Waals surface area contributed by atoms with Crippen LogP contribution in [0.15, 0.2) is 36.5 Å². The molecule has 0 bridgehead atoms. The Hall–Kier alpha value is -1.75. The number of carbonyl (C=O) groups is 1. The predicted octanol–water partition coefficient (Wildman–Crippen LogP) is 1.46. The first-order valence-corrected chi connectivity index (χ1v) is 7.07. The zero-order chi connectivity index (χ0) is 12.5. The van der Waals surface area contributed by atoms with E-state index in [2.05, 4.69) is 4.98 Å². The van der Waals surface area contributed by atoms with Crippen LogP contribution in [-0.4, -0.2) is 31.2 Å². The van der Waals surface area contributed by atoms with Gasteiger partial charge in [-0.1, -0.05) is 6.07 Å². The molecular weight excluding hydrogens is 238 g/mol. The molecule has 0 spiro atoms. The van der Waals surface area contributed by atoms with Crippen LogP contribution in [0.25, 0.3) is 10.9 Å². The molecule has 1 heterocycles. The van der Waals surface area contributed by atoms with Crippen LogP contribution in [0.5, 0.6) is 0 Å². The van der Waals surface area contributed by atoms with Crippen LogP contribution >= 0.6 is 0 Å². The fraction of sp³-hybridized carbons (Fsp3) is 0.167. The molecule has 0 aliphatic rings. The molecule has 4 nitrogen and oxygen atoms in total. The number of hydrogen-bond donors (Lipinski definition) is 0. The van der Waals surface area contributed by atoms with Crippen LogP contribution in [0.2, 0.25) is 0 Å². The third kappa shape index (κ3) is 2.88. The molecule has 0 atom stereocenters. The van der Waals surface area contributed by atoms with Gasteiger partial charge in [0.2, 0.25) is 0 Å². The van der Waals surface area contributed by atoms with Crippen LogP contribution in [0, 0.1) is 0 Å². The second kappa shape index (κ2) is 4.25. The zero-order valence-electron chi connectivity index (χ0n) is 9.25. The highest BCUT2D eigenvalue weighted by Crippen LogP contribution is 2.14. The minimum atomic E-state index is -3.29. The Bertz CT molecular complexity index is 677. The minimum absolute atomic E-state index is 0.391. The predicted molar refractivity (Wildman–Crippen MR) is 65.8 cm³/mol. The number of ketones is 1. The van der Waals surface area contributed by atoms with E-state index in [1.807, 2.05) is 6.07 Å². The van der Waals surface area contributed by atoms with Gasteiger partial charge in [-0.3, -0.25) is 9.78 Å². The van der Waals surface area contributed by atoms with Gasteiger partial charge in [-0.2, -0.15) is 0 Å². The van der Waals surface area contributed by atoms with Gasteiger partial charge in [0.1, 0.15) is 5.75 Å². The number of fused-ring (bicyclic) bond motifs is 1. The number of rotatable bonds is 3. The number of aromatic nitrogens is 1. The summed E-state index contributed by atoms with van der Waals surface area (Å²) in [6.07, 6.45) is 2.72. The quantitative estimate of drug-likeness (QED) is 0.772. The molecular formula is C12H11NO3S. The summed E-state index contributed by atoms with van der Waals surface area (Å²) in [4.78, 5) is 15.8. The standard InChI is InChI=1S/C12H11NO3S/c1-17(15,16)8-12(14)10-4-5-11-9(7-10)3-2-6-13-11/h2-7H,8H2,1H3. The van der Waals surface area contributed by atoms with Crippen molar-refractivity contribution in [2.24, 2.45) is 0 Å². The van der Waals surface area contributed by atoms with Gasteiger partial charge in [-0.25, -0.2) is 8.42 Å². The number of benzene rings is 1. The molecule has 2 aromatic rings. The van der Waals surface area contributed by atoms with Crippen molar-refractivity contribution in [1.82, 2.24) is 4.98 Å². The second-order valence-corrected chi connectivity index (χ2v) is 6.04. The average Bonchev–Trinajstić information content (AvgIpc) is 2.26. The van der Waals surface area contributed by atoms with Crippen molar-refractivity contribution >= 4 is 26.5 Å². The maximum atomic E-state index is 11.7. The lowest BCUT2D eigenvalue weighted by molar-refractivity contribution is 0.102. The summed E-state index contributed by atoms with van der Waals surface area (Å²) in [5, 5.41) is 0.826. The number of sulfone groups is 1. The largest absolute Gasteiger partial charge is 0.293 e. The van der Waals surface area contributed by atoms with E-state index in [-0.39, 0.29) is 0 Å². The molecule has 0 aliphatic carbocycles. The topological polar surface area (TPSA) is 64.1 Å². The lowest BCUT2D eigenvalue weighted by Gasteiger charge is -2.01. The van der Waals surface area contributed by atoms with Gasteiger partial charge >= 0.3 is 0 Å². The summed E-state index contributed by atoms with van der Waals surface area (Å²) in [7, 11) is -3.29. The van der Waals surface area contributed by atoms with Crippen molar-refractivity contribution in [3.05, 3.63) is 42.1 Å². The number of Topliss-reactive ketones (excluding diaryl/α,β-unsaturated/α-hetero) is 1. The Morgan fingerprint density at radius 2 is 2.06 bits per heavy atom. The van der Waals surface area contributed by atoms with Gasteiger partial charge in [0, 0.05) is 23.4 Å². The molecule has 2 rings (SSSR count). The Labute approximate surface area is 99.2 Å². The summed E-state index contributed by atoms with van der Waals surface area (Å²) in [6, 6.07) is 8.58. The van der Waals surface area contributed by atoms with Crippen LogP contribution in [0.3, 0.4) is 0 Å². The molecule has 0 saturated heterocycles. The maximum Gasteiger partial charge on any atom is 0.177 e. The normalized spacial score (nSPS) is 11.6. The summed E-state index contributed by atoms with van der Waals surface area (Å²) < 4.78 is 22.1. The van der Waals surface area contributed by atoms with Crippen molar-refractivity contribution in [2.75, 3.05) is 12.0 Å². The molecule has 0 radical (unpaired) electrons. The SMILES string of the molecule is CS(=O)(=O)CC(=O)c1ccc2ncccc2c1. The van der Waals surface area contributed by atoms with Gasteiger partial charge in [-0.05, 0) is 24.3 Å². The molecule has 0 unspecified atom stereocenters. The van der Waals surface area contributed by atoms with Crippen molar-refractivity contribution < 1.29 is 13.2 Å². The monoisotopic (exact) mass is 249 g/mol. The number of pyridine rings is 1. The Balaban J connectivity index is 2.40. The van der Waals surface area contributed by atoms with E-state index < -0.39 is 21.4 Å². The van der Waals surface area contributed by atoms with Crippen molar-refractivity contribution in [1.29, 1.82) is 0 Å². The van der Waals surface area contributed by atoms with Crippen LogP contribution < -0.4 is 0 Å². The molecule has 0 fully saturated rings. The van der Waals surface area contributed by atoms with Gasteiger partial charge in [-0.15, -0.1) is 0 Å². The number of hydrogen-bond acceptors (Lipinski definition) is 4. The second-order valence-electron chi connectivity index (χ2n) is 3.90. The van der Waals surface area contributed by atoms with Gasteiger partial charge in [0.05, 0.1) is 5.52 Å². The van der Waals surface area contributed by atoms with E-state index in [4.69, 9.17) is 0 Å².